The number of ether oxygens (including phenoxy) is 1. The van der Waals surface area contributed by atoms with Crippen LogP contribution in [0.5, 0.6) is 0 Å². The quantitative estimate of drug-likeness (QED) is 0.432. The van der Waals surface area contributed by atoms with Crippen molar-refractivity contribution in [1.82, 2.24) is 15.2 Å². The van der Waals surface area contributed by atoms with E-state index in [1.54, 1.807) is 32.9 Å². The van der Waals surface area contributed by atoms with Gasteiger partial charge in [0.15, 0.2) is 5.78 Å². The van der Waals surface area contributed by atoms with Crippen LogP contribution in [0.15, 0.2) is 54.7 Å². The normalized spacial score (nSPS) is 15.8. The third-order valence-corrected chi connectivity index (χ3v) is 6.55. The third kappa shape index (κ3) is 6.93. The molecule has 2 heterocycles. The van der Waals surface area contributed by atoms with Gasteiger partial charge in [-0.3, -0.25) is 24.3 Å². The zero-order valence-corrected chi connectivity index (χ0v) is 23.1. The van der Waals surface area contributed by atoms with E-state index in [0.29, 0.717) is 17.2 Å². The average Bonchev–Trinajstić information content (AvgIpc) is 3.30. The van der Waals surface area contributed by atoms with Crippen LogP contribution in [-0.2, 0) is 14.3 Å². The van der Waals surface area contributed by atoms with E-state index in [-0.39, 0.29) is 42.1 Å². The van der Waals surface area contributed by atoms with Gasteiger partial charge < -0.3 is 15.8 Å². The first kappa shape index (κ1) is 30.2. The van der Waals surface area contributed by atoms with Crippen LogP contribution in [0.2, 0.25) is 0 Å². The monoisotopic (exact) mass is 582 g/mol. The highest BCUT2D eigenvalue weighted by Gasteiger charge is 2.41. The van der Waals surface area contributed by atoms with Crippen LogP contribution >= 0.6 is 0 Å². The number of rotatable bonds is 7. The largest absolute Gasteiger partial charge is 0.444 e. The number of pyridine rings is 1. The lowest BCUT2D eigenvalue weighted by Crippen LogP contribution is -2.48. The lowest BCUT2D eigenvalue weighted by Gasteiger charge is -2.28. The summed E-state index contributed by atoms with van der Waals surface area (Å²) in [6.45, 7) is 4.40. The second kappa shape index (κ2) is 12.0. The fourth-order valence-corrected chi connectivity index (χ4v) is 4.73. The molecule has 3 N–H and O–H groups in total. The Kier molecular flexibility index (Phi) is 8.64. The number of aromatic nitrogens is 1. The Labute approximate surface area is 239 Å². The van der Waals surface area contributed by atoms with Gasteiger partial charge in [-0.05, 0) is 62.2 Å². The van der Waals surface area contributed by atoms with E-state index in [1.807, 2.05) is 0 Å². The van der Waals surface area contributed by atoms with Gasteiger partial charge in [-0.1, -0.05) is 12.1 Å². The Morgan fingerprint density at radius 1 is 1.10 bits per heavy atom. The number of carbonyl (C=O) groups excluding carboxylic acids is 4. The highest BCUT2D eigenvalue weighted by molar-refractivity contribution is 5.97. The number of benzene rings is 2. The van der Waals surface area contributed by atoms with E-state index in [4.69, 9.17) is 10.5 Å². The number of hydrogen-bond donors (Lipinski definition) is 2. The van der Waals surface area contributed by atoms with Crippen molar-refractivity contribution in [2.24, 2.45) is 5.73 Å². The molecule has 4 rings (SSSR count). The number of likely N-dealkylation sites (tertiary alicyclic amines) is 1. The van der Waals surface area contributed by atoms with Gasteiger partial charge in [0.2, 0.25) is 5.91 Å². The van der Waals surface area contributed by atoms with Crippen LogP contribution in [0.4, 0.5) is 18.0 Å². The highest BCUT2D eigenvalue weighted by Crippen LogP contribution is 2.33. The number of ketones is 1. The first-order chi connectivity index (χ1) is 19.7. The predicted molar refractivity (Wildman–Crippen MR) is 146 cm³/mol. The van der Waals surface area contributed by atoms with Crippen molar-refractivity contribution in [1.29, 1.82) is 0 Å². The molecule has 9 nitrogen and oxygen atoms in total. The number of nitrogens with one attached hydrogen (secondary N) is 1. The summed E-state index contributed by atoms with van der Waals surface area (Å²) < 4.78 is 48.2. The van der Waals surface area contributed by atoms with Crippen molar-refractivity contribution in [2.45, 2.75) is 44.8 Å². The number of halogens is 3. The molecule has 42 heavy (non-hydrogen) atoms. The number of Topliss-reactive ketones (excluding diaryl/α,β-unsaturated/α-hetero) is 1. The van der Waals surface area contributed by atoms with Gasteiger partial charge >= 0.3 is 6.09 Å². The van der Waals surface area contributed by atoms with Crippen LogP contribution < -0.4 is 11.1 Å². The van der Waals surface area contributed by atoms with Crippen LogP contribution in [0.3, 0.4) is 0 Å². The summed E-state index contributed by atoms with van der Waals surface area (Å²) in [7, 11) is 0. The van der Waals surface area contributed by atoms with Gasteiger partial charge in [0.1, 0.15) is 29.1 Å². The first-order valence-corrected chi connectivity index (χ1v) is 13.0. The summed E-state index contributed by atoms with van der Waals surface area (Å²) in [5, 5.41) is 2.69. The van der Waals surface area contributed by atoms with Gasteiger partial charge in [-0.15, -0.1) is 0 Å². The van der Waals surface area contributed by atoms with Crippen LogP contribution in [0.25, 0.3) is 11.1 Å². The van der Waals surface area contributed by atoms with Crippen LogP contribution in [-0.4, -0.2) is 58.3 Å². The number of nitrogens with zero attached hydrogens (tertiary/aromatic N) is 2. The molecule has 0 saturated carbocycles. The second-order valence-electron chi connectivity index (χ2n) is 10.9. The number of nitrogens with two attached hydrogens (primary N) is 1. The van der Waals surface area contributed by atoms with Gasteiger partial charge in [-0.2, -0.15) is 0 Å². The van der Waals surface area contributed by atoms with Crippen molar-refractivity contribution < 1.29 is 37.1 Å². The van der Waals surface area contributed by atoms with Crippen molar-refractivity contribution in [3.05, 3.63) is 89.0 Å². The third-order valence-electron chi connectivity index (χ3n) is 6.55. The van der Waals surface area contributed by atoms with Crippen LogP contribution in [0, 0.1) is 17.5 Å². The van der Waals surface area contributed by atoms with E-state index in [1.165, 1.54) is 18.3 Å². The summed E-state index contributed by atoms with van der Waals surface area (Å²) in [5.74, 6) is -5.51. The molecular formula is C30H29F3N4O5. The molecule has 1 aliphatic rings. The van der Waals surface area contributed by atoms with Crippen molar-refractivity contribution >= 4 is 23.7 Å². The highest BCUT2D eigenvalue weighted by atomic mass is 19.1. The van der Waals surface area contributed by atoms with Gasteiger partial charge in [-0.25, -0.2) is 18.0 Å². The fraction of sp³-hybridized carbons (Fsp3) is 0.300. The standard InChI is InChI=1S/C30H29F3N4O5/c1-30(2,3)42-29(41)37-15-20(38)13-25(37)28(40)36-14-23(17-9-18(31)12-19(32)10-17)26-21(5-4-8-35-26)16-6-7-24(33)22(11-16)27(34)39/h4-12,23,25H,13-15H2,1-3H3,(H2,34,39)(H,36,40)/t23-,25?/m0/s1. The average molecular weight is 583 g/mol. The molecule has 1 aliphatic heterocycles. The number of hydrogen-bond acceptors (Lipinski definition) is 6. The van der Waals surface area contributed by atoms with Gasteiger partial charge in [0, 0.05) is 36.7 Å². The Morgan fingerprint density at radius 2 is 1.79 bits per heavy atom. The summed E-state index contributed by atoms with van der Waals surface area (Å²) in [6.07, 6.45) is 0.373. The van der Waals surface area contributed by atoms with Crippen molar-refractivity contribution in [3.63, 3.8) is 0 Å². The summed E-state index contributed by atoms with van der Waals surface area (Å²) in [6, 6.07) is 8.61. The molecule has 220 valence electrons. The fourth-order valence-electron chi connectivity index (χ4n) is 4.73. The van der Waals surface area contributed by atoms with Gasteiger partial charge in [0.25, 0.3) is 5.91 Å². The second-order valence-corrected chi connectivity index (χ2v) is 10.9. The zero-order valence-electron chi connectivity index (χ0n) is 23.1. The van der Waals surface area contributed by atoms with E-state index in [2.05, 4.69) is 10.3 Å². The smallest absolute Gasteiger partial charge is 0.411 e. The Bertz CT molecular complexity index is 1540. The number of amides is 3. The number of primary amides is 1. The molecule has 1 fully saturated rings. The maximum atomic E-state index is 14.3. The molecule has 1 aromatic heterocycles. The molecule has 2 aromatic carbocycles. The summed E-state index contributed by atoms with van der Waals surface area (Å²) in [5.41, 5.74) is 5.19. The SMILES string of the molecule is CC(C)(C)OC(=O)N1CC(=O)CC1C(=O)NC[C@@H](c1cc(F)cc(F)c1)c1ncccc1-c1ccc(F)c(C(N)=O)c1. The van der Waals surface area contributed by atoms with Crippen LogP contribution in [0.1, 0.15) is 54.7 Å². The molecule has 1 saturated heterocycles. The summed E-state index contributed by atoms with van der Waals surface area (Å²) in [4.78, 5) is 55.4. The lowest BCUT2D eigenvalue weighted by atomic mass is 9.89. The molecule has 0 radical (unpaired) electrons. The summed E-state index contributed by atoms with van der Waals surface area (Å²) >= 11 is 0. The molecule has 1 unspecified atom stereocenters. The molecular weight excluding hydrogens is 553 g/mol. The molecule has 0 aliphatic carbocycles. The predicted octanol–water partition coefficient (Wildman–Crippen LogP) is 4.09. The topological polar surface area (TPSA) is 132 Å². The maximum Gasteiger partial charge on any atom is 0.411 e. The maximum absolute atomic E-state index is 14.3. The van der Waals surface area contributed by atoms with Gasteiger partial charge in [0.05, 0.1) is 17.8 Å². The van der Waals surface area contributed by atoms with E-state index < -0.39 is 52.9 Å². The van der Waals surface area contributed by atoms with E-state index in [0.717, 1.165) is 23.1 Å². The lowest BCUT2D eigenvalue weighted by molar-refractivity contribution is -0.126. The minimum atomic E-state index is -1.16. The minimum Gasteiger partial charge on any atom is -0.444 e. The number of carbonyl (C=O) groups is 4. The molecule has 2 atom stereocenters. The molecule has 12 heteroatoms. The molecule has 0 spiro atoms. The first-order valence-electron chi connectivity index (χ1n) is 13.0. The minimum absolute atomic E-state index is 0.122. The van der Waals surface area contributed by atoms with E-state index in [9.17, 15) is 32.3 Å². The Morgan fingerprint density at radius 3 is 2.43 bits per heavy atom. The Hall–Kier alpha value is -4.74. The molecule has 3 amide bonds. The van der Waals surface area contributed by atoms with E-state index >= 15 is 0 Å². The van der Waals surface area contributed by atoms with Crippen molar-refractivity contribution in [3.8, 4) is 11.1 Å². The molecule has 3 aromatic rings. The van der Waals surface area contributed by atoms with Crippen molar-refractivity contribution in [2.75, 3.05) is 13.1 Å². The Balaban J connectivity index is 1.70. The molecule has 0 bridgehead atoms. The zero-order chi connectivity index (χ0) is 30.8.